The van der Waals surface area contributed by atoms with Crippen LogP contribution in [0.4, 0.5) is 0 Å². The fourth-order valence-electron chi connectivity index (χ4n) is 3.62. The lowest BCUT2D eigenvalue weighted by molar-refractivity contribution is -0.133. The maximum absolute atomic E-state index is 12.5. The minimum atomic E-state index is 0. The number of likely N-dealkylation sites (tertiary alicyclic amines) is 1. The molecule has 0 unspecified atom stereocenters. The Morgan fingerprint density at radius 1 is 1.21 bits per heavy atom. The molecule has 3 saturated heterocycles. The third kappa shape index (κ3) is 3.23. The Labute approximate surface area is 121 Å². The van der Waals surface area contributed by atoms with E-state index in [0.29, 0.717) is 11.3 Å². The van der Waals surface area contributed by atoms with Crippen molar-refractivity contribution in [2.24, 2.45) is 5.41 Å². The van der Waals surface area contributed by atoms with Gasteiger partial charge in [0.15, 0.2) is 0 Å². The second-order valence-electron chi connectivity index (χ2n) is 6.12. The van der Waals surface area contributed by atoms with Crippen molar-refractivity contribution in [3.05, 3.63) is 0 Å². The van der Waals surface area contributed by atoms with Crippen molar-refractivity contribution in [3.63, 3.8) is 0 Å². The quantitative estimate of drug-likeness (QED) is 0.796. The number of amides is 1. The van der Waals surface area contributed by atoms with Crippen molar-refractivity contribution < 1.29 is 9.53 Å². The fourth-order valence-corrected chi connectivity index (χ4v) is 3.62. The summed E-state index contributed by atoms with van der Waals surface area (Å²) in [6, 6.07) is 0.0914. The first-order valence-electron chi connectivity index (χ1n) is 7.39. The first kappa shape index (κ1) is 15.1. The van der Waals surface area contributed by atoms with Gasteiger partial charge in [-0.3, -0.25) is 4.79 Å². The number of nitrogens with one attached hydrogen (secondary N) is 1. The molecule has 3 aliphatic rings. The van der Waals surface area contributed by atoms with E-state index in [2.05, 4.69) is 10.2 Å². The smallest absolute Gasteiger partial charge is 0.239 e. The van der Waals surface area contributed by atoms with Crippen LogP contribution in [0.5, 0.6) is 0 Å². The van der Waals surface area contributed by atoms with Gasteiger partial charge < -0.3 is 15.0 Å². The van der Waals surface area contributed by atoms with Crippen LogP contribution in [-0.4, -0.2) is 49.7 Å². The molecule has 0 bridgehead atoms. The average molecular weight is 289 g/mol. The highest BCUT2D eigenvalue weighted by atomic mass is 35.5. The standard InChI is InChI=1S/C14H24N2O2.ClH/c17-13(12-3-1-2-7-15-12)16-8-4-14(11-16)5-9-18-10-6-14;/h12,15H,1-11H2;1H/t12-;/m0./s1. The van der Waals surface area contributed by atoms with Crippen LogP contribution in [-0.2, 0) is 9.53 Å². The molecule has 4 nitrogen and oxygen atoms in total. The maximum atomic E-state index is 12.5. The summed E-state index contributed by atoms with van der Waals surface area (Å²) in [5.41, 5.74) is 0.378. The second kappa shape index (κ2) is 6.42. The van der Waals surface area contributed by atoms with Crippen molar-refractivity contribution in [1.29, 1.82) is 0 Å². The van der Waals surface area contributed by atoms with E-state index < -0.39 is 0 Å². The molecule has 3 rings (SSSR count). The molecule has 5 heteroatoms. The average Bonchev–Trinajstić information content (AvgIpc) is 2.83. The van der Waals surface area contributed by atoms with Gasteiger partial charge in [0.05, 0.1) is 6.04 Å². The number of ether oxygens (including phenoxy) is 1. The zero-order valence-corrected chi connectivity index (χ0v) is 12.3. The first-order valence-corrected chi connectivity index (χ1v) is 7.39. The Balaban J connectivity index is 0.00000133. The minimum absolute atomic E-state index is 0. The Bertz CT molecular complexity index is 313. The van der Waals surface area contributed by atoms with E-state index >= 15 is 0 Å². The summed E-state index contributed by atoms with van der Waals surface area (Å²) in [5, 5.41) is 3.37. The molecule has 0 aromatic carbocycles. The number of carbonyl (C=O) groups is 1. The Kier molecular flexibility index (Phi) is 5.09. The van der Waals surface area contributed by atoms with Gasteiger partial charge in [0.25, 0.3) is 0 Å². The van der Waals surface area contributed by atoms with Crippen LogP contribution in [0, 0.1) is 5.41 Å². The largest absolute Gasteiger partial charge is 0.381 e. The molecule has 1 spiro atoms. The van der Waals surface area contributed by atoms with Crippen molar-refractivity contribution in [1.82, 2.24) is 10.2 Å². The highest BCUT2D eigenvalue weighted by Crippen LogP contribution is 2.39. The summed E-state index contributed by atoms with van der Waals surface area (Å²) in [4.78, 5) is 14.6. The Morgan fingerprint density at radius 3 is 2.68 bits per heavy atom. The molecular formula is C14H25ClN2O2. The molecule has 0 aliphatic carbocycles. The number of nitrogens with zero attached hydrogens (tertiary/aromatic N) is 1. The van der Waals surface area contributed by atoms with Crippen LogP contribution >= 0.6 is 12.4 Å². The first-order chi connectivity index (χ1) is 8.79. The number of piperidine rings is 1. The maximum Gasteiger partial charge on any atom is 0.239 e. The van der Waals surface area contributed by atoms with Crippen LogP contribution in [0.25, 0.3) is 0 Å². The van der Waals surface area contributed by atoms with Gasteiger partial charge in [0.1, 0.15) is 0 Å². The van der Waals surface area contributed by atoms with Gasteiger partial charge in [0, 0.05) is 26.3 Å². The summed E-state index contributed by atoms with van der Waals surface area (Å²) < 4.78 is 5.45. The SMILES string of the molecule is Cl.O=C([C@@H]1CCCCN1)N1CCC2(CCOCC2)C1. The van der Waals surface area contributed by atoms with E-state index in [1.807, 2.05) is 0 Å². The molecule has 0 radical (unpaired) electrons. The van der Waals surface area contributed by atoms with Crippen LogP contribution in [0.15, 0.2) is 0 Å². The zero-order chi connectivity index (χ0) is 12.4. The molecule has 0 aromatic rings. The van der Waals surface area contributed by atoms with Crippen molar-refractivity contribution >= 4 is 18.3 Å². The zero-order valence-electron chi connectivity index (χ0n) is 11.5. The monoisotopic (exact) mass is 288 g/mol. The molecule has 0 aromatic heterocycles. The van der Waals surface area contributed by atoms with Gasteiger partial charge in [-0.05, 0) is 44.1 Å². The van der Waals surface area contributed by atoms with Gasteiger partial charge in [-0.25, -0.2) is 0 Å². The molecule has 1 atom stereocenters. The predicted octanol–water partition coefficient (Wildman–Crippen LogP) is 1.58. The molecule has 0 saturated carbocycles. The van der Waals surface area contributed by atoms with E-state index in [1.54, 1.807) is 0 Å². The topological polar surface area (TPSA) is 41.6 Å². The predicted molar refractivity (Wildman–Crippen MR) is 76.6 cm³/mol. The van der Waals surface area contributed by atoms with Crippen molar-refractivity contribution in [2.75, 3.05) is 32.8 Å². The van der Waals surface area contributed by atoms with Crippen LogP contribution in [0.2, 0.25) is 0 Å². The summed E-state index contributed by atoms with van der Waals surface area (Å²) in [6.07, 6.45) is 6.87. The molecule has 3 fully saturated rings. The summed E-state index contributed by atoms with van der Waals surface area (Å²) in [7, 11) is 0. The minimum Gasteiger partial charge on any atom is -0.381 e. The Morgan fingerprint density at radius 2 is 2.00 bits per heavy atom. The third-order valence-electron chi connectivity index (χ3n) is 4.91. The molecule has 19 heavy (non-hydrogen) atoms. The summed E-state index contributed by atoms with van der Waals surface area (Å²) in [5.74, 6) is 0.345. The van der Waals surface area contributed by atoms with Gasteiger partial charge in [-0.1, -0.05) is 6.42 Å². The molecule has 1 N–H and O–H groups in total. The van der Waals surface area contributed by atoms with E-state index in [-0.39, 0.29) is 18.4 Å². The van der Waals surface area contributed by atoms with Crippen LogP contribution < -0.4 is 5.32 Å². The van der Waals surface area contributed by atoms with E-state index in [0.717, 1.165) is 52.1 Å². The molecule has 1 amide bonds. The lowest BCUT2D eigenvalue weighted by Crippen LogP contribution is -2.48. The van der Waals surface area contributed by atoms with Crippen LogP contribution in [0.3, 0.4) is 0 Å². The van der Waals surface area contributed by atoms with Crippen LogP contribution in [0.1, 0.15) is 38.5 Å². The van der Waals surface area contributed by atoms with Gasteiger partial charge in [0.2, 0.25) is 5.91 Å². The highest BCUT2D eigenvalue weighted by molar-refractivity contribution is 5.85. The normalized spacial score (nSPS) is 30.1. The molecule has 3 heterocycles. The number of hydrogen-bond acceptors (Lipinski definition) is 3. The van der Waals surface area contributed by atoms with Gasteiger partial charge in [-0.15, -0.1) is 12.4 Å². The highest BCUT2D eigenvalue weighted by Gasteiger charge is 2.42. The van der Waals surface area contributed by atoms with Gasteiger partial charge in [-0.2, -0.15) is 0 Å². The summed E-state index contributed by atoms with van der Waals surface area (Å²) in [6.45, 7) is 4.68. The van der Waals surface area contributed by atoms with Crippen molar-refractivity contribution in [3.8, 4) is 0 Å². The number of halogens is 1. The molecule has 110 valence electrons. The van der Waals surface area contributed by atoms with Crippen molar-refractivity contribution in [2.45, 2.75) is 44.6 Å². The fraction of sp³-hybridized carbons (Fsp3) is 0.929. The third-order valence-corrected chi connectivity index (χ3v) is 4.91. The second-order valence-corrected chi connectivity index (χ2v) is 6.12. The van der Waals surface area contributed by atoms with E-state index in [9.17, 15) is 4.79 Å². The number of hydrogen-bond donors (Lipinski definition) is 1. The number of carbonyl (C=O) groups excluding carboxylic acids is 1. The number of rotatable bonds is 1. The summed E-state index contributed by atoms with van der Waals surface area (Å²) >= 11 is 0. The molecular weight excluding hydrogens is 264 g/mol. The molecule has 3 aliphatic heterocycles. The van der Waals surface area contributed by atoms with Gasteiger partial charge >= 0.3 is 0 Å². The lowest BCUT2D eigenvalue weighted by atomic mass is 9.80. The van der Waals surface area contributed by atoms with E-state index in [4.69, 9.17) is 4.74 Å². The lowest BCUT2D eigenvalue weighted by Gasteiger charge is -2.34. The Hall–Kier alpha value is -0.320. The van der Waals surface area contributed by atoms with E-state index in [1.165, 1.54) is 19.3 Å².